The highest BCUT2D eigenvalue weighted by Gasteiger charge is 2.33. The second kappa shape index (κ2) is 13.0. The van der Waals surface area contributed by atoms with Crippen molar-refractivity contribution in [2.75, 3.05) is 14.2 Å². The zero-order valence-corrected chi connectivity index (χ0v) is 20.7. The van der Waals surface area contributed by atoms with Gasteiger partial charge < -0.3 is 25.2 Å². The van der Waals surface area contributed by atoms with Crippen LogP contribution in [0.1, 0.15) is 27.5 Å². The number of ether oxygens (including phenoxy) is 2. The number of nitro benzene ring substituents is 1. The Morgan fingerprint density at radius 1 is 0.947 bits per heavy atom. The first-order valence-electron chi connectivity index (χ1n) is 11.5. The second-order valence-corrected chi connectivity index (χ2v) is 8.22. The third-order valence-corrected chi connectivity index (χ3v) is 5.75. The Labute approximate surface area is 218 Å². The van der Waals surface area contributed by atoms with Gasteiger partial charge in [-0.05, 0) is 29.3 Å². The molecule has 0 aliphatic carbocycles. The maximum atomic E-state index is 13.1. The summed E-state index contributed by atoms with van der Waals surface area (Å²) < 4.78 is 9.78. The largest absolute Gasteiger partial charge is 0.490 e. The number of benzene rings is 3. The van der Waals surface area contributed by atoms with E-state index < -0.39 is 40.9 Å². The summed E-state index contributed by atoms with van der Waals surface area (Å²) in [5, 5.41) is 27.5. The standard InChI is InChI=1S/C27H27N3O8/c1-37-22-14-13-17(16-21(22)30(35)36)15-20(27(34)38-2)28-26(33)24(31)23(18-9-5-3-6-10-18)29-25(32)19-11-7-4-8-12-19/h3-14,16,20,23-24,31H,15H2,1-2H3,(H,28,33)(H,29,32)/t20-,23-,24+/m0/s1. The summed E-state index contributed by atoms with van der Waals surface area (Å²) in [6, 6.07) is 18.4. The van der Waals surface area contributed by atoms with E-state index in [2.05, 4.69) is 10.6 Å². The Morgan fingerprint density at radius 3 is 2.16 bits per heavy atom. The van der Waals surface area contributed by atoms with E-state index >= 15 is 0 Å². The van der Waals surface area contributed by atoms with E-state index in [0.717, 1.165) is 7.11 Å². The molecular weight excluding hydrogens is 494 g/mol. The molecule has 0 spiro atoms. The summed E-state index contributed by atoms with van der Waals surface area (Å²) in [6.07, 6.45) is -1.95. The zero-order valence-electron chi connectivity index (χ0n) is 20.7. The van der Waals surface area contributed by atoms with Gasteiger partial charge >= 0.3 is 11.7 Å². The molecule has 0 saturated carbocycles. The lowest BCUT2D eigenvalue weighted by Crippen LogP contribution is -2.51. The SMILES string of the molecule is COC(=O)[C@H](Cc1ccc(OC)c([N+](=O)[O-])c1)NC(=O)[C@H](O)[C@@H](NC(=O)c1ccccc1)c1ccccc1. The first-order valence-corrected chi connectivity index (χ1v) is 11.5. The number of nitro groups is 1. The summed E-state index contributed by atoms with van der Waals surface area (Å²) in [4.78, 5) is 49.2. The van der Waals surface area contributed by atoms with Gasteiger partial charge in [-0.3, -0.25) is 19.7 Å². The third-order valence-electron chi connectivity index (χ3n) is 5.75. The molecule has 0 heterocycles. The third kappa shape index (κ3) is 6.92. The fraction of sp³-hybridized carbons (Fsp3) is 0.222. The van der Waals surface area contributed by atoms with Crippen molar-refractivity contribution in [1.29, 1.82) is 0 Å². The van der Waals surface area contributed by atoms with Crippen molar-refractivity contribution in [3.63, 3.8) is 0 Å². The molecule has 11 nitrogen and oxygen atoms in total. The molecule has 0 aromatic heterocycles. The number of amides is 2. The smallest absolute Gasteiger partial charge is 0.328 e. The number of hydrogen-bond donors (Lipinski definition) is 3. The van der Waals surface area contributed by atoms with Crippen molar-refractivity contribution >= 4 is 23.5 Å². The maximum absolute atomic E-state index is 13.1. The first-order chi connectivity index (χ1) is 18.2. The summed E-state index contributed by atoms with van der Waals surface area (Å²) in [5.74, 6) is -2.26. The molecule has 198 valence electrons. The van der Waals surface area contributed by atoms with Crippen molar-refractivity contribution in [3.8, 4) is 5.75 Å². The molecule has 11 heteroatoms. The van der Waals surface area contributed by atoms with Crippen molar-refractivity contribution in [2.45, 2.75) is 24.6 Å². The number of aliphatic hydroxyl groups excluding tert-OH is 1. The van der Waals surface area contributed by atoms with E-state index in [9.17, 15) is 29.6 Å². The van der Waals surface area contributed by atoms with Gasteiger partial charge in [0.05, 0.1) is 25.2 Å². The van der Waals surface area contributed by atoms with Gasteiger partial charge in [-0.1, -0.05) is 54.6 Å². The molecule has 3 aromatic rings. The molecule has 0 bridgehead atoms. The zero-order chi connectivity index (χ0) is 27.7. The van der Waals surface area contributed by atoms with E-state index in [4.69, 9.17) is 9.47 Å². The Kier molecular flexibility index (Phi) is 9.49. The van der Waals surface area contributed by atoms with Crippen molar-refractivity contribution in [2.24, 2.45) is 0 Å². The van der Waals surface area contributed by atoms with Crippen LogP contribution >= 0.6 is 0 Å². The first kappa shape index (κ1) is 27.8. The highest BCUT2D eigenvalue weighted by molar-refractivity contribution is 5.95. The molecule has 0 radical (unpaired) electrons. The van der Waals surface area contributed by atoms with Crippen molar-refractivity contribution in [3.05, 3.63) is 106 Å². The van der Waals surface area contributed by atoms with Crippen LogP contribution < -0.4 is 15.4 Å². The van der Waals surface area contributed by atoms with Gasteiger partial charge in [0.15, 0.2) is 11.9 Å². The molecule has 38 heavy (non-hydrogen) atoms. The monoisotopic (exact) mass is 521 g/mol. The Bertz CT molecular complexity index is 1280. The molecule has 0 aliphatic rings. The summed E-state index contributed by atoms with van der Waals surface area (Å²) in [5.41, 5.74) is 0.821. The molecule has 0 aliphatic heterocycles. The van der Waals surface area contributed by atoms with Gasteiger partial charge in [0, 0.05) is 18.1 Å². The number of esters is 1. The lowest BCUT2D eigenvalue weighted by molar-refractivity contribution is -0.385. The fourth-order valence-corrected chi connectivity index (χ4v) is 3.80. The number of nitrogens with one attached hydrogen (secondary N) is 2. The Morgan fingerprint density at radius 2 is 1.58 bits per heavy atom. The fourth-order valence-electron chi connectivity index (χ4n) is 3.80. The molecule has 3 atom stereocenters. The van der Waals surface area contributed by atoms with E-state index in [0.29, 0.717) is 16.7 Å². The minimum atomic E-state index is -1.79. The molecule has 3 N–H and O–H groups in total. The molecule has 3 rings (SSSR count). The van der Waals surface area contributed by atoms with Gasteiger partial charge in [0.2, 0.25) is 0 Å². The number of carbonyl (C=O) groups is 3. The predicted molar refractivity (Wildman–Crippen MR) is 136 cm³/mol. The Balaban J connectivity index is 1.83. The number of rotatable bonds is 11. The predicted octanol–water partition coefficient (Wildman–Crippen LogP) is 2.34. The molecular formula is C27H27N3O8. The summed E-state index contributed by atoms with van der Waals surface area (Å²) in [6.45, 7) is 0. The average molecular weight is 522 g/mol. The number of carbonyl (C=O) groups excluding carboxylic acids is 3. The summed E-state index contributed by atoms with van der Waals surface area (Å²) in [7, 11) is 2.42. The lowest BCUT2D eigenvalue weighted by Gasteiger charge is -2.26. The quantitative estimate of drug-likeness (QED) is 0.197. The van der Waals surface area contributed by atoms with Crippen LogP contribution in [0.3, 0.4) is 0 Å². The van der Waals surface area contributed by atoms with Crippen LogP contribution in [0.15, 0.2) is 78.9 Å². The normalized spacial score (nSPS) is 12.9. The summed E-state index contributed by atoms with van der Waals surface area (Å²) >= 11 is 0. The highest BCUT2D eigenvalue weighted by Crippen LogP contribution is 2.28. The van der Waals surface area contributed by atoms with Gasteiger partial charge in [-0.15, -0.1) is 0 Å². The highest BCUT2D eigenvalue weighted by atomic mass is 16.6. The van der Waals surface area contributed by atoms with Gasteiger partial charge in [0.1, 0.15) is 6.04 Å². The average Bonchev–Trinajstić information content (AvgIpc) is 2.95. The van der Waals surface area contributed by atoms with E-state index in [1.54, 1.807) is 60.7 Å². The number of nitrogens with zero attached hydrogens (tertiary/aromatic N) is 1. The number of methoxy groups -OCH3 is 2. The van der Waals surface area contributed by atoms with Gasteiger partial charge in [-0.25, -0.2) is 4.79 Å². The van der Waals surface area contributed by atoms with Crippen LogP contribution in [0.25, 0.3) is 0 Å². The van der Waals surface area contributed by atoms with E-state index in [1.807, 2.05) is 0 Å². The molecule has 2 amide bonds. The maximum Gasteiger partial charge on any atom is 0.328 e. The van der Waals surface area contributed by atoms with E-state index in [1.165, 1.54) is 25.3 Å². The molecule has 0 saturated heterocycles. The van der Waals surface area contributed by atoms with Crippen LogP contribution in [-0.2, 0) is 20.7 Å². The molecule has 0 unspecified atom stereocenters. The van der Waals surface area contributed by atoms with Crippen LogP contribution in [0.2, 0.25) is 0 Å². The van der Waals surface area contributed by atoms with Crippen LogP contribution in [-0.4, -0.2) is 54.2 Å². The second-order valence-electron chi connectivity index (χ2n) is 8.22. The van der Waals surface area contributed by atoms with Crippen molar-refractivity contribution < 1.29 is 33.9 Å². The van der Waals surface area contributed by atoms with Crippen LogP contribution in [0.4, 0.5) is 5.69 Å². The van der Waals surface area contributed by atoms with Gasteiger partial charge in [-0.2, -0.15) is 0 Å². The van der Waals surface area contributed by atoms with E-state index in [-0.39, 0.29) is 17.9 Å². The topological polar surface area (TPSA) is 157 Å². The van der Waals surface area contributed by atoms with Crippen molar-refractivity contribution in [1.82, 2.24) is 10.6 Å². The van der Waals surface area contributed by atoms with Crippen LogP contribution in [0, 0.1) is 10.1 Å². The van der Waals surface area contributed by atoms with Crippen LogP contribution in [0.5, 0.6) is 5.75 Å². The Hall–Kier alpha value is -4.77. The van der Waals surface area contributed by atoms with Gasteiger partial charge in [0.25, 0.3) is 11.8 Å². The number of hydrogen-bond acceptors (Lipinski definition) is 8. The number of aliphatic hydroxyl groups is 1. The molecule has 0 fully saturated rings. The minimum Gasteiger partial charge on any atom is -0.490 e. The molecule has 3 aromatic carbocycles. The lowest BCUT2D eigenvalue weighted by atomic mass is 9.99. The minimum absolute atomic E-state index is 0.0349.